The second-order valence-electron chi connectivity index (χ2n) is 11.0. The van der Waals surface area contributed by atoms with Crippen molar-refractivity contribution in [3.05, 3.63) is 108 Å². The number of ether oxygens (including phenoxy) is 2. The van der Waals surface area contributed by atoms with E-state index in [2.05, 4.69) is 66.9 Å². The molecule has 2 fully saturated rings. The second-order valence-corrected chi connectivity index (χ2v) is 11.0. The number of aliphatic hydroxyl groups is 1. The fourth-order valence-electron chi connectivity index (χ4n) is 6.17. The number of rotatable bonds is 10. The summed E-state index contributed by atoms with van der Waals surface area (Å²) in [7, 11) is 0. The van der Waals surface area contributed by atoms with Crippen molar-refractivity contribution < 1.29 is 14.6 Å². The Labute approximate surface area is 233 Å². The lowest BCUT2D eigenvalue weighted by atomic mass is 9.89. The van der Waals surface area contributed by atoms with Crippen molar-refractivity contribution in [1.29, 1.82) is 0 Å². The minimum absolute atomic E-state index is 0.00413. The van der Waals surface area contributed by atoms with Crippen LogP contribution in [0.1, 0.15) is 67.3 Å². The molecule has 3 N–H and O–H groups in total. The molecule has 0 spiro atoms. The van der Waals surface area contributed by atoms with Crippen LogP contribution in [0, 0.1) is 5.92 Å². The first-order valence-electron chi connectivity index (χ1n) is 14.3. The molecule has 5 nitrogen and oxygen atoms in total. The van der Waals surface area contributed by atoms with E-state index in [9.17, 15) is 5.11 Å². The summed E-state index contributed by atoms with van der Waals surface area (Å²) in [6.07, 6.45) is 6.51. The van der Waals surface area contributed by atoms with Crippen LogP contribution >= 0.6 is 0 Å². The van der Waals surface area contributed by atoms with Gasteiger partial charge in [-0.2, -0.15) is 0 Å². The van der Waals surface area contributed by atoms with E-state index < -0.39 is 6.29 Å². The monoisotopic (exact) mass is 526 g/mol. The fraction of sp³-hybridized carbons (Fsp3) is 0.412. The van der Waals surface area contributed by atoms with E-state index in [-0.39, 0.29) is 24.7 Å². The Kier molecular flexibility index (Phi) is 9.28. The molecular weight excluding hydrogens is 484 g/mol. The van der Waals surface area contributed by atoms with Crippen LogP contribution in [0.15, 0.2) is 85.5 Å². The molecule has 3 aromatic rings. The topological polar surface area (TPSA) is 68.0 Å². The van der Waals surface area contributed by atoms with E-state index in [1.807, 2.05) is 30.3 Å². The summed E-state index contributed by atoms with van der Waals surface area (Å²) in [5.74, 6) is 0.158. The van der Waals surface area contributed by atoms with Gasteiger partial charge in [0.1, 0.15) is 0 Å². The summed E-state index contributed by atoms with van der Waals surface area (Å²) < 4.78 is 13.4. The number of hydrogen-bond donors (Lipinski definition) is 2. The largest absolute Gasteiger partial charge is 0.392 e. The molecule has 206 valence electrons. The van der Waals surface area contributed by atoms with Crippen molar-refractivity contribution in [3.63, 3.8) is 0 Å². The molecule has 3 aromatic carbocycles. The molecule has 1 heterocycles. The SMILES string of the molecule is C=CCN(C[C@@H]1O[C@H](c2ccc(-c3ccccc3CN)cc2)O[C@H](c2ccc(CO)cc2)[C@@H]1C)C1CCCC1. The average molecular weight is 527 g/mol. The van der Waals surface area contributed by atoms with Gasteiger partial charge in [0.15, 0.2) is 6.29 Å². The van der Waals surface area contributed by atoms with E-state index in [4.69, 9.17) is 15.2 Å². The summed E-state index contributed by atoms with van der Waals surface area (Å²) in [5, 5.41) is 9.54. The molecule has 0 bridgehead atoms. The number of hydrogen-bond acceptors (Lipinski definition) is 5. The van der Waals surface area contributed by atoms with E-state index in [1.54, 1.807) is 0 Å². The number of benzene rings is 3. The Balaban J connectivity index is 1.42. The third kappa shape index (κ3) is 6.34. The zero-order valence-electron chi connectivity index (χ0n) is 23.0. The summed E-state index contributed by atoms with van der Waals surface area (Å²) in [4.78, 5) is 2.56. The second kappa shape index (κ2) is 13.0. The van der Waals surface area contributed by atoms with Crippen LogP contribution in [0.2, 0.25) is 0 Å². The zero-order valence-corrected chi connectivity index (χ0v) is 23.0. The highest BCUT2D eigenvalue weighted by atomic mass is 16.7. The maximum absolute atomic E-state index is 9.54. The van der Waals surface area contributed by atoms with Crippen LogP contribution < -0.4 is 5.73 Å². The molecule has 0 amide bonds. The predicted molar refractivity (Wildman–Crippen MR) is 157 cm³/mol. The lowest BCUT2D eigenvalue weighted by Crippen LogP contribution is -2.47. The van der Waals surface area contributed by atoms with Gasteiger partial charge in [0.2, 0.25) is 0 Å². The molecule has 1 saturated heterocycles. The zero-order chi connectivity index (χ0) is 27.2. The van der Waals surface area contributed by atoms with Gasteiger partial charge in [-0.1, -0.05) is 98.6 Å². The van der Waals surface area contributed by atoms with Crippen molar-refractivity contribution in [2.75, 3.05) is 13.1 Å². The molecule has 1 aliphatic carbocycles. The Morgan fingerprint density at radius 3 is 2.31 bits per heavy atom. The first-order chi connectivity index (χ1) is 19.1. The van der Waals surface area contributed by atoms with Gasteiger partial charge < -0.3 is 20.3 Å². The van der Waals surface area contributed by atoms with E-state index in [1.165, 1.54) is 25.7 Å². The van der Waals surface area contributed by atoms with Crippen molar-refractivity contribution in [3.8, 4) is 11.1 Å². The third-order valence-electron chi connectivity index (χ3n) is 8.47. The molecule has 1 aliphatic heterocycles. The lowest BCUT2D eigenvalue weighted by Gasteiger charge is -2.43. The molecule has 0 radical (unpaired) electrons. The summed E-state index contributed by atoms with van der Waals surface area (Å²) >= 11 is 0. The highest BCUT2D eigenvalue weighted by Crippen LogP contribution is 2.42. The summed E-state index contributed by atoms with van der Waals surface area (Å²) in [6, 6.07) is 25.5. The van der Waals surface area contributed by atoms with Crippen molar-refractivity contribution in [1.82, 2.24) is 4.90 Å². The highest BCUT2D eigenvalue weighted by Gasteiger charge is 2.40. The highest BCUT2D eigenvalue weighted by molar-refractivity contribution is 5.67. The van der Waals surface area contributed by atoms with Crippen molar-refractivity contribution in [2.45, 2.75) is 70.3 Å². The van der Waals surface area contributed by atoms with Crippen molar-refractivity contribution in [2.24, 2.45) is 11.7 Å². The normalized spacial score (nSPS) is 23.8. The van der Waals surface area contributed by atoms with Gasteiger partial charge in [-0.3, -0.25) is 4.90 Å². The van der Waals surface area contributed by atoms with Gasteiger partial charge in [0, 0.05) is 37.2 Å². The van der Waals surface area contributed by atoms with Gasteiger partial charge in [0.05, 0.1) is 18.8 Å². The fourth-order valence-corrected chi connectivity index (χ4v) is 6.17. The minimum atomic E-state index is -0.471. The third-order valence-corrected chi connectivity index (χ3v) is 8.47. The number of nitrogens with zero attached hydrogens (tertiary/aromatic N) is 1. The van der Waals surface area contributed by atoms with E-state index in [0.717, 1.165) is 46.5 Å². The predicted octanol–water partition coefficient (Wildman–Crippen LogP) is 6.53. The molecular formula is C34H42N2O3. The Hall–Kier alpha value is -2.80. The molecule has 39 heavy (non-hydrogen) atoms. The molecule has 2 aliphatic rings. The van der Waals surface area contributed by atoms with Crippen LogP contribution in [0.3, 0.4) is 0 Å². The number of nitrogens with two attached hydrogens (primary N) is 1. The van der Waals surface area contributed by atoms with Gasteiger partial charge >= 0.3 is 0 Å². The molecule has 4 atom stereocenters. The first kappa shape index (κ1) is 27.8. The van der Waals surface area contributed by atoms with Gasteiger partial charge in [-0.05, 0) is 40.7 Å². The van der Waals surface area contributed by atoms with E-state index in [0.29, 0.717) is 12.6 Å². The van der Waals surface area contributed by atoms with Gasteiger partial charge in [0.25, 0.3) is 0 Å². The lowest BCUT2D eigenvalue weighted by molar-refractivity contribution is -0.276. The van der Waals surface area contributed by atoms with Crippen LogP contribution in [0.25, 0.3) is 11.1 Å². The molecule has 0 unspecified atom stereocenters. The maximum Gasteiger partial charge on any atom is 0.184 e. The van der Waals surface area contributed by atoms with Crippen LogP contribution in [-0.4, -0.2) is 35.2 Å². The molecule has 5 rings (SSSR count). The smallest absolute Gasteiger partial charge is 0.184 e. The van der Waals surface area contributed by atoms with Crippen LogP contribution in [0.5, 0.6) is 0 Å². The maximum atomic E-state index is 9.54. The Bertz CT molecular complexity index is 1200. The first-order valence-corrected chi connectivity index (χ1v) is 14.3. The Morgan fingerprint density at radius 1 is 0.949 bits per heavy atom. The van der Waals surface area contributed by atoms with Gasteiger partial charge in [-0.25, -0.2) is 0 Å². The number of aliphatic hydroxyl groups excluding tert-OH is 1. The van der Waals surface area contributed by atoms with Crippen LogP contribution in [0.4, 0.5) is 0 Å². The minimum Gasteiger partial charge on any atom is -0.392 e. The molecule has 5 heteroatoms. The Morgan fingerprint density at radius 2 is 1.64 bits per heavy atom. The van der Waals surface area contributed by atoms with Crippen molar-refractivity contribution >= 4 is 0 Å². The molecule has 1 saturated carbocycles. The average Bonchev–Trinajstić information content (AvgIpc) is 3.53. The summed E-state index contributed by atoms with van der Waals surface area (Å²) in [5.41, 5.74) is 12.4. The van der Waals surface area contributed by atoms with E-state index >= 15 is 0 Å². The van der Waals surface area contributed by atoms with Gasteiger partial charge in [-0.15, -0.1) is 6.58 Å². The quantitative estimate of drug-likeness (QED) is 0.294. The standard InChI is InChI=1S/C34H42N2O3/c1-3-20-36(30-9-5-6-10-30)22-32-24(2)33(27-14-12-25(23-37)13-15-27)39-34(38-32)28-18-16-26(17-19-28)31-11-7-4-8-29(31)21-35/h3-4,7-8,11-19,24,30,32-34,37H,1,5-6,9-10,20-23,35H2,2H3/t24-,32+,33+,34+/m1/s1. The van der Waals surface area contributed by atoms with Crippen LogP contribution in [-0.2, 0) is 22.6 Å². The molecule has 0 aromatic heterocycles. The summed E-state index contributed by atoms with van der Waals surface area (Å²) in [6.45, 7) is 8.53.